The Morgan fingerprint density at radius 3 is 2.32 bits per heavy atom. The van der Waals surface area contributed by atoms with Crippen molar-refractivity contribution in [2.45, 2.75) is 70.8 Å². The molecule has 0 aromatic heterocycles. The van der Waals surface area contributed by atoms with E-state index in [1.165, 1.54) is 32.1 Å². The fourth-order valence-electron chi connectivity index (χ4n) is 3.57. The van der Waals surface area contributed by atoms with E-state index >= 15 is 0 Å². The van der Waals surface area contributed by atoms with Crippen LogP contribution < -0.4 is 0 Å². The number of amides is 1. The van der Waals surface area contributed by atoms with E-state index in [1.807, 2.05) is 42.2 Å². The first-order valence-corrected chi connectivity index (χ1v) is 9.69. The largest absolute Gasteiger partial charge is 0.466 e. The molecule has 4 nitrogen and oxygen atoms in total. The third-order valence-electron chi connectivity index (χ3n) is 4.90. The minimum atomic E-state index is -0.217. The maximum absolute atomic E-state index is 13.0. The van der Waals surface area contributed by atoms with Gasteiger partial charge in [-0.1, -0.05) is 62.4 Å². The quantitative estimate of drug-likeness (QED) is 0.698. The minimum Gasteiger partial charge on any atom is -0.466 e. The molecule has 1 aliphatic carbocycles. The first-order valence-electron chi connectivity index (χ1n) is 9.69. The summed E-state index contributed by atoms with van der Waals surface area (Å²) in [5.74, 6) is -0.0908. The van der Waals surface area contributed by atoms with Crippen LogP contribution in [0.4, 0.5) is 0 Å². The van der Waals surface area contributed by atoms with Crippen molar-refractivity contribution in [1.29, 1.82) is 0 Å². The summed E-state index contributed by atoms with van der Waals surface area (Å²) in [6, 6.07) is 10.1. The van der Waals surface area contributed by atoms with Gasteiger partial charge in [-0.25, -0.2) is 0 Å². The predicted molar refractivity (Wildman–Crippen MR) is 99.2 cm³/mol. The van der Waals surface area contributed by atoms with E-state index in [0.29, 0.717) is 19.6 Å². The molecule has 1 aromatic carbocycles. The van der Waals surface area contributed by atoms with Gasteiger partial charge in [0.25, 0.3) is 0 Å². The highest BCUT2D eigenvalue weighted by atomic mass is 16.5. The van der Waals surface area contributed by atoms with E-state index in [0.717, 1.165) is 18.4 Å². The van der Waals surface area contributed by atoms with Gasteiger partial charge in [-0.15, -0.1) is 0 Å². The van der Waals surface area contributed by atoms with Gasteiger partial charge in [0, 0.05) is 12.6 Å². The average molecular weight is 345 g/mol. The number of benzene rings is 1. The van der Waals surface area contributed by atoms with Gasteiger partial charge < -0.3 is 9.64 Å². The molecule has 0 aliphatic heterocycles. The molecule has 0 unspecified atom stereocenters. The summed E-state index contributed by atoms with van der Waals surface area (Å²) >= 11 is 0. The van der Waals surface area contributed by atoms with E-state index < -0.39 is 0 Å². The van der Waals surface area contributed by atoms with E-state index in [1.54, 1.807) is 0 Å². The number of carbonyl (C=O) groups excluding carboxylic acids is 2. The molecule has 0 atom stereocenters. The summed E-state index contributed by atoms with van der Waals surface area (Å²) in [6.07, 6.45) is 8.90. The molecular weight excluding hydrogens is 314 g/mol. The molecule has 0 heterocycles. The summed E-state index contributed by atoms with van der Waals surface area (Å²) in [5.41, 5.74) is 1.03. The van der Waals surface area contributed by atoms with Crippen molar-refractivity contribution in [3.8, 4) is 0 Å². The lowest BCUT2D eigenvalue weighted by Gasteiger charge is -2.33. The second kappa shape index (κ2) is 10.9. The van der Waals surface area contributed by atoms with Crippen LogP contribution >= 0.6 is 0 Å². The number of esters is 1. The molecule has 1 fully saturated rings. The number of hydrogen-bond donors (Lipinski definition) is 0. The topological polar surface area (TPSA) is 46.6 Å². The van der Waals surface area contributed by atoms with Crippen LogP contribution in [0, 0.1) is 0 Å². The molecule has 1 saturated carbocycles. The third-order valence-corrected chi connectivity index (χ3v) is 4.90. The second-order valence-corrected chi connectivity index (χ2v) is 6.80. The first-order chi connectivity index (χ1) is 12.2. The van der Waals surface area contributed by atoms with Crippen LogP contribution in [0.3, 0.4) is 0 Å². The first kappa shape index (κ1) is 19.5. The number of rotatable bonds is 7. The molecule has 0 bridgehead atoms. The molecule has 0 spiro atoms. The Labute approximate surface area is 151 Å². The lowest BCUT2D eigenvalue weighted by Crippen LogP contribution is -2.43. The third kappa shape index (κ3) is 6.89. The average Bonchev–Trinajstić information content (AvgIpc) is 2.57. The molecule has 0 N–H and O–H groups in total. The molecule has 1 aromatic rings. The maximum atomic E-state index is 13.0. The van der Waals surface area contributed by atoms with Crippen LogP contribution in [0.15, 0.2) is 30.3 Å². The van der Waals surface area contributed by atoms with Gasteiger partial charge >= 0.3 is 5.97 Å². The minimum absolute atomic E-state index is 0.126. The molecule has 138 valence electrons. The summed E-state index contributed by atoms with van der Waals surface area (Å²) in [7, 11) is 0. The zero-order valence-electron chi connectivity index (χ0n) is 15.4. The van der Waals surface area contributed by atoms with Crippen LogP contribution in [0.25, 0.3) is 0 Å². The van der Waals surface area contributed by atoms with E-state index in [2.05, 4.69) is 0 Å². The van der Waals surface area contributed by atoms with Crippen molar-refractivity contribution in [1.82, 2.24) is 4.90 Å². The number of ether oxygens (including phenoxy) is 1. The molecule has 1 amide bonds. The monoisotopic (exact) mass is 345 g/mol. The Hall–Kier alpha value is -1.84. The van der Waals surface area contributed by atoms with Gasteiger partial charge in [0.1, 0.15) is 0 Å². The van der Waals surface area contributed by atoms with E-state index in [9.17, 15) is 9.59 Å². The highest BCUT2D eigenvalue weighted by molar-refractivity contribution is 5.80. The molecule has 0 radical (unpaired) electrons. The van der Waals surface area contributed by atoms with Crippen LogP contribution in [0.1, 0.15) is 63.9 Å². The van der Waals surface area contributed by atoms with Crippen molar-refractivity contribution < 1.29 is 14.3 Å². The zero-order valence-corrected chi connectivity index (χ0v) is 15.4. The van der Waals surface area contributed by atoms with Gasteiger partial charge in [0.05, 0.1) is 19.4 Å². The summed E-state index contributed by atoms with van der Waals surface area (Å²) in [5, 5.41) is 0. The molecule has 25 heavy (non-hydrogen) atoms. The Bertz CT molecular complexity index is 521. The van der Waals surface area contributed by atoms with Crippen molar-refractivity contribution in [3.05, 3.63) is 35.9 Å². The normalized spacial score (nSPS) is 15.9. The summed E-state index contributed by atoms with van der Waals surface area (Å²) in [6.45, 7) is 2.67. The number of carbonyl (C=O) groups is 2. The number of hydrogen-bond acceptors (Lipinski definition) is 3. The van der Waals surface area contributed by atoms with Crippen LogP contribution in [0.5, 0.6) is 0 Å². The van der Waals surface area contributed by atoms with E-state index in [-0.39, 0.29) is 24.3 Å². The molecular formula is C21H31NO3. The standard InChI is InChI=1S/C21H31NO3/c1-2-25-21(24)15-16-22(19-13-9-4-3-5-10-14-19)20(23)17-18-11-7-6-8-12-18/h6-8,11-12,19H,2-5,9-10,13-17H2,1H3. The highest BCUT2D eigenvalue weighted by Crippen LogP contribution is 2.22. The van der Waals surface area contributed by atoms with Crippen molar-refractivity contribution in [2.24, 2.45) is 0 Å². The van der Waals surface area contributed by atoms with Crippen molar-refractivity contribution in [2.75, 3.05) is 13.2 Å². The molecule has 2 rings (SSSR count). The Morgan fingerprint density at radius 2 is 1.68 bits per heavy atom. The molecule has 1 aliphatic rings. The van der Waals surface area contributed by atoms with Gasteiger partial charge in [-0.05, 0) is 25.3 Å². The smallest absolute Gasteiger partial charge is 0.307 e. The van der Waals surface area contributed by atoms with Crippen LogP contribution in [0.2, 0.25) is 0 Å². The van der Waals surface area contributed by atoms with E-state index in [4.69, 9.17) is 4.74 Å². The molecule has 0 saturated heterocycles. The lowest BCUT2D eigenvalue weighted by molar-refractivity contribution is -0.144. The Balaban J connectivity index is 2.03. The maximum Gasteiger partial charge on any atom is 0.307 e. The highest BCUT2D eigenvalue weighted by Gasteiger charge is 2.25. The van der Waals surface area contributed by atoms with Gasteiger partial charge in [0.15, 0.2) is 0 Å². The van der Waals surface area contributed by atoms with Crippen molar-refractivity contribution in [3.63, 3.8) is 0 Å². The Kier molecular flexibility index (Phi) is 8.50. The van der Waals surface area contributed by atoms with Gasteiger partial charge in [-0.3, -0.25) is 9.59 Å². The van der Waals surface area contributed by atoms with Crippen LogP contribution in [-0.2, 0) is 20.7 Å². The lowest BCUT2D eigenvalue weighted by atomic mass is 9.95. The SMILES string of the molecule is CCOC(=O)CCN(C(=O)Cc1ccccc1)C1CCCCCCC1. The van der Waals surface area contributed by atoms with Crippen molar-refractivity contribution >= 4 is 11.9 Å². The fraction of sp³-hybridized carbons (Fsp3) is 0.619. The predicted octanol–water partition coefficient (Wildman–Crippen LogP) is 4.12. The fourth-order valence-corrected chi connectivity index (χ4v) is 3.57. The summed E-state index contributed by atoms with van der Waals surface area (Å²) < 4.78 is 5.05. The van der Waals surface area contributed by atoms with Gasteiger partial charge in [0.2, 0.25) is 5.91 Å². The zero-order chi connectivity index (χ0) is 17.9. The molecule has 4 heteroatoms. The number of nitrogens with zero attached hydrogens (tertiary/aromatic N) is 1. The van der Waals surface area contributed by atoms with Gasteiger partial charge in [-0.2, -0.15) is 0 Å². The van der Waals surface area contributed by atoms with Crippen LogP contribution in [-0.4, -0.2) is 36.0 Å². The summed E-state index contributed by atoms with van der Waals surface area (Å²) in [4.78, 5) is 26.7. The Morgan fingerprint density at radius 1 is 1.04 bits per heavy atom. The second-order valence-electron chi connectivity index (χ2n) is 6.80.